The first-order chi connectivity index (χ1) is 13.7. The Morgan fingerprint density at radius 3 is 2.57 bits per heavy atom. The molecule has 7 nitrogen and oxygen atoms in total. The van der Waals surface area contributed by atoms with Crippen LogP contribution < -0.4 is 20.3 Å². The van der Waals surface area contributed by atoms with Gasteiger partial charge < -0.3 is 25.0 Å². The predicted molar refractivity (Wildman–Crippen MR) is 104 cm³/mol. The highest BCUT2D eigenvalue weighted by Crippen LogP contribution is 2.27. The van der Waals surface area contributed by atoms with Gasteiger partial charge in [-0.05, 0) is 36.4 Å². The summed E-state index contributed by atoms with van der Waals surface area (Å²) in [6.45, 7) is 2.09. The van der Waals surface area contributed by atoms with Crippen molar-refractivity contribution in [3.63, 3.8) is 0 Å². The second kappa shape index (κ2) is 8.41. The van der Waals surface area contributed by atoms with Gasteiger partial charge in [-0.25, -0.2) is 0 Å². The third-order valence-electron chi connectivity index (χ3n) is 4.84. The molecular formula is C21H23N3O4. The molecule has 0 aliphatic carbocycles. The van der Waals surface area contributed by atoms with Gasteiger partial charge in [-0.15, -0.1) is 0 Å². The second-order valence-electron chi connectivity index (χ2n) is 6.90. The lowest BCUT2D eigenvalue weighted by Crippen LogP contribution is -2.53. The van der Waals surface area contributed by atoms with E-state index in [-0.39, 0.29) is 23.9 Å². The Morgan fingerprint density at radius 2 is 1.86 bits per heavy atom. The number of para-hydroxylation sites is 1. The number of anilines is 1. The van der Waals surface area contributed by atoms with E-state index in [4.69, 9.17) is 9.47 Å². The van der Waals surface area contributed by atoms with Crippen LogP contribution in [0, 0.1) is 0 Å². The van der Waals surface area contributed by atoms with Crippen molar-refractivity contribution >= 4 is 17.5 Å². The number of amides is 2. The van der Waals surface area contributed by atoms with E-state index >= 15 is 0 Å². The van der Waals surface area contributed by atoms with E-state index in [1.54, 1.807) is 4.90 Å². The third-order valence-corrected chi connectivity index (χ3v) is 4.84. The number of carbonyl (C=O) groups excluding carboxylic acids is 2. The van der Waals surface area contributed by atoms with Crippen LogP contribution in [0.3, 0.4) is 0 Å². The number of carbonyl (C=O) groups is 2. The maximum Gasteiger partial charge on any atom is 0.239 e. The lowest BCUT2D eigenvalue weighted by atomic mass is 10.2. The first kappa shape index (κ1) is 18.5. The molecule has 4 rings (SSSR count). The summed E-state index contributed by atoms with van der Waals surface area (Å²) >= 11 is 0. The second-order valence-corrected chi connectivity index (χ2v) is 6.90. The Bertz CT molecular complexity index is 819. The summed E-state index contributed by atoms with van der Waals surface area (Å²) in [5.74, 6) is 1.34. The number of nitrogens with zero attached hydrogens (tertiary/aromatic N) is 1. The van der Waals surface area contributed by atoms with Crippen LogP contribution in [-0.4, -0.2) is 50.2 Å². The molecule has 0 saturated carbocycles. The third kappa shape index (κ3) is 4.32. The molecule has 0 radical (unpaired) electrons. The van der Waals surface area contributed by atoms with E-state index in [0.29, 0.717) is 38.5 Å². The molecule has 2 fully saturated rings. The minimum atomic E-state index is -0.354. The molecule has 146 valence electrons. The van der Waals surface area contributed by atoms with Crippen molar-refractivity contribution in [3.05, 3.63) is 54.6 Å². The van der Waals surface area contributed by atoms with Crippen molar-refractivity contribution in [2.75, 3.05) is 31.2 Å². The van der Waals surface area contributed by atoms with Crippen molar-refractivity contribution in [1.29, 1.82) is 0 Å². The molecule has 2 aliphatic rings. The molecule has 0 bridgehead atoms. The molecule has 2 saturated heterocycles. The summed E-state index contributed by atoms with van der Waals surface area (Å²) in [7, 11) is 0. The topological polar surface area (TPSA) is 79.9 Å². The zero-order valence-electron chi connectivity index (χ0n) is 15.5. The smallest absolute Gasteiger partial charge is 0.239 e. The SMILES string of the molecule is O=C(NC1CC(=O)N(c2ccc(Oc3ccccc3)cc2)C1)C1COCCN1. The number of morpholine rings is 1. The molecule has 2 amide bonds. The average molecular weight is 381 g/mol. The molecule has 0 spiro atoms. The Labute approximate surface area is 163 Å². The first-order valence-corrected chi connectivity index (χ1v) is 9.44. The maximum atomic E-state index is 12.4. The quantitative estimate of drug-likeness (QED) is 0.824. The Kier molecular flexibility index (Phi) is 5.55. The van der Waals surface area contributed by atoms with Gasteiger partial charge in [-0.2, -0.15) is 0 Å². The summed E-state index contributed by atoms with van der Waals surface area (Å²) < 4.78 is 11.1. The van der Waals surface area contributed by atoms with Crippen molar-refractivity contribution in [3.8, 4) is 11.5 Å². The molecule has 2 atom stereocenters. The van der Waals surface area contributed by atoms with Crippen LogP contribution in [-0.2, 0) is 14.3 Å². The Hall–Kier alpha value is -2.90. The zero-order chi connectivity index (χ0) is 19.3. The molecular weight excluding hydrogens is 358 g/mol. The molecule has 2 aromatic carbocycles. The van der Waals surface area contributed by atoms with E-state index in [1.165, 1.54) is 0 Å². The molecule has 2 heterocycles. The van der Waals surface area contributed by atoms with Gasteiger partial charge in [0.1, 0.15) is 17.5 Å². The molecule has 0 aromatic heterocycles. The highest BCUT2D eigenvalue weighted by Gasteiger charge is 2.33. The Balaban J connectivity index is 1.35. The summed E-state index contributed by atoms with van der Waals surface area (Å²) in [5, 5.41) is 6.08. The number of hydrogen-bond donors (Lipinski definition) is 2. The van der Waals surface area contributed by atoms with Crippen molar-refractivity contribution in [2.24, 2.45) is 0 Å². The van der Waals surface area contributed by atoms with Crippen LogP contribution in [0.25, 0.3) is 0 Å². The standard InChI is InChI=1S/C21H23N3O4/c25-20-12-15(23-21(26)19-14-27-11-10-22-19)13-24(20)16-6-8-18(9-7-16)28-17-4-2-1-3-5-17/h1-9,15,19,22H,10-14H2,(H,23,26). The van der Waals surface area contributed by atoms with Gasteiger partial charge in [0.05, 0.1) is 19.3 Å². The van der Waals surface area contributed by atoms with E-state index in [2.05, 4.69) is 10.6 Å². The lowest BCUT2D eigenvalue weighted by Gasteiger charge is -2.24. The summed E-state index contributed by atoms with van der Waals surface area (Å²) in [5.41, 5.74) is 0.793. The zero-order valence-corrected chi connectivity index (χ0v) is 15.5. The van der Waals surface area contributed by atoms with Crippen molar-refractivity contribution in [1.82, 2.24) is 10.6 Å². The number of benzene rings is 2. The predicted octanol–water partition coefficient (Wildman–Crippen LogP) is 1.69. The van der Waals surface area contributed by atoms with Gasteiger partial charge >= 0.3 is 0 Å². The molecule has 28 heavy (non-hydrogen) atoms. The maximum absolute atomic E-state index is 12.4. The summed E-state index contributed by atoms with van der Waals surface area (Å²) in [6, 6.07) is 16.4. The Morgan fingerprint density at radius 1 is 1.11 bits per heavy atom. The minimum Gasteiger partial charge on any atom is -0.457 e. The molecule has 2 unspecified atom stereocenters. The van der Waals surface area contributed by atoms with Crippen LogP contribution in [0.4, 0.5) is 5.69 Å². The van der Waals surface area contributed by atoms with Gasteiger partial charge in [-0.3, -0.25) is 9.59 Å². The monoisotopic (exact) mass is 381 g/mol. The van der Waals surface area contributed by atoms with Crippen LogP contribution in [0.15, 0.2) is 54.6 Å². The lowest BCUT2D eigenvalue weighted by molar-refractivity contribution is -0.126. The highest BCUT2D eigenvalue weighted by atomic mass is 16.5. The fourth-order valence-corrected chi connectivity index (χ4v) is 3.41. The van der Waals surface area contributed by atoms with Gasteiger partial charge in [0, 0.05) is 25.2 Å². The molecule has 2 N–H and O–H groups in total. The van der Waals surface area contributed by atoms with E-state index < -0.39 is 0 Å². The summed E-state index contributed by atoms with van der Waals surface area (Å²) in [4.78, 5) is 26.4. The van der Waals surface area contributed by atoms with E-state index in [0.717, 1.165) is 11.4 Å². The number of ether oxygens (including phenoxy) is 2. The molecule has 7 heteroatoms. The van der Waals surface area contributed by atoms with Gasteiger partial charge in [0.2, 0.25) is 11.8 Å². The normalized spacial score (nSPS) is 22.1. The van der Waals surface area contributed by atoms with E-state index in [1.807, 2.05) is 54.6 Å². The van der Waals surface area contributed by atoms with Gasteiger partial charge in [0.25, 0.3) is 0 Å². The van der Waals surface area contributed by atoms with Gasteiger partial charge in [0.15, 0.2) is 0 Å². The van der Waals surface area contributed by atoms with Crippen molar-refractivity contribution in [2.45, 2.75) is 18.5 Å². The number of hydrogen-bond acceptors (Lipinski definition) is 5. The van der Waals surface area contributed by atoms with Crippen LogP contribution in [0.2, 0.25) is 0 Å². The number of nitrogens with one attached hydrogen (secondary N) is 2. The van der Waals surface area contributed by atoms with Crippen LogP contribution >= 0.6 is 0 Å². The summed E-state index contributed by atoms with van der Waals surface area (Å²) in [6.07, 6.45) is 0.293. The number of rotatable bonds is 5. The molecule has 2 aromatic rings. The van der Waals surface area contributed by atoms with E-state index in [9.17, 15) is 9.59 Å². The first-order valence-electron chi connectivity index (χ1n) is 9.44. The van der Waals surface area contributed by atoms with Gasteiger partial charge in [-0.1, -0.05) is 18.2 Å². The minimum absolute atomic E-state index is 0.00474. The van der Waals surface area contributed by atoms with Crippen LogP contribution in [0.1, 0.15) is 6.42 Å². The fourth-order valence-electron chi connectivity index (χ4n) is 3.41. The highest BCUT2D eigenvalue weighted by molar-refractivity contribution is 5.97. The largest absolute Gasteiger partial charge is 0.457 e. The molecule has 2 aliphatic heterocycles. The van der Waals surface area contributed by atoms with Crippen LogP contribution in [0.5, 0.6) is 11.5 Å². The average Bonchev–Trinajstić information content (AvgIpc) is 3.10. The van der Waals surface area contributed by atoms with Crippen molar-refractivity contribution < 1.29 is 19.1 Å². The fraction of sp³-hybridized carbons (Fsp3) is 0.333.